The summed E-state index contributed by atoms with van der Waals surface area (Å²) in [6.45, 7) is 17.5. The number of fused-ring (bicyclic) bond motifs is 1. The molecule has 3 amide bonds. The number of likely N-dealkylation sites (tertiary alicyclic amines) is 1. The van der Waals surface area contributed by atoms with E-state index in [4.69, 9.17) is 0 Å². The fourth-order valence-electron chi connectivity index (χ4n) is 8.31. The number of likely N-dealkylation sites (N-methyl/N-ethyl adjacent to an activating group) is 1. The Bertz CT molecular complexity index is 1150. The summed E-state index contributed by atoms with van der Waals surface area (Å²) in [6, 6.07) is -2.13. The zero-order valence-electron chi connectivity index (χ0n) is 31.5. The van der Waals surface area contributed by atoms with E-state index in [0.29, 0.717) is 38.3 Å². The maximum atomic E-state index is 14.7. The van der Waals surface area contributed by atoms with Gasteiger partial charge in [0.1, 0.15) is 12.1 Å². The Kier molecular flexibility index (Phi) is 15.7. The van der Waals surface area contributed by atoms with Gasteiger partial charge in [0.2, 0.25) is 17.6 Å². The fraction of sp³-hybridized carbons (Fsp3) is 0.892. The van der Waals surface area contributed by atoms with Gasteiger partial charge in [0.25, 0.3) is 5.91 Å². The summed E-state index contributed by atoms with van der Waals surface area (Å²) in [4.78, 5) is 56.3. The van der Waals surface area contributed by atoms with Crippen molar-refractivity contribution in [3.05, 3.63) is 0 Å². The average Bonchev–Trinajstić information content (AvgIpc) is 3.35. The summed E-state index contributed by atoms with van der Waals surface area (Å²) in [5, 5.41) is 5.51. The number of amides is 3. The van der Waals surface area contributed by atoms with Crippen molar-refractivity contribution < 1.29 is 27.9 Å². The molecule has 1 heterocycles. The van der Waals surface area contributed by atoms with Crippen molar-refractivity contribution in [2.75, 3.05) is 18.8 Å². The molecule has 0 aromatic rings. The number of unbranched alkanes of at least 4 members (excludes halogenated alkanes) is 1. The van der Waals surface area contributed by atoms with Crippen LogP contribution < -0.4 is 21.5 Å². The minimum Gasteiger partial charge on any atom is -0.772 e. The van der Waals surface area contributed by atoms with Gasteiger partial charge in [-0.2, -0.15) is 0 Å². The summed E-state index contributed by atoms with van der Waals surface area (Å²) in [5.41, 5.74) is 6.89. The highest BCUT2D eigenvalue weighted by Gasteiger charge is 2.69. The number of Topliss-reactive ketones (excluding diaryl/α,β-unsaturated/α-hetero) is 1. The van der Waals surface area contributed by atoms with Gasteiger partial charge in [0, 0.05) is 24.9 Å². The number of ketones is 1. The average molecular weight is 709 g/mol. The predicted octanol–water partition coefficient (Wildman–Crippen LogP) is 4.38. The molecule has 4 unspecified atom stereocenters. The highest BCUT2D eigenvalue weighted by atomic mass is 32.2. The van der Waals surface area contributed by atoms with Crippen LogP contribution >= 0.6 is 0 Å². The van der Waals surface area contributed by atoms with Crippen LogP contribution in [0.4, 0.5) is 0 Å². The predicted molar refractivity (Wildman–Crippen MR) is 193 cm³/mol. The first kappa shape index (κ1) is 41.5. The largest absolute Gasteiger partial charge is 0.772 e. The molecule has 8 atom stereocenters. The van der Waals surface area contributed by atoms with Crippen molar-refractivity contribution in [1.29, 1.82) is 0 Å². The van der Waals surface area contributed by atoms with E-state index in [-0.39, 0.29) is 52.2 Å². The van der Waals surface area contributed by atoms with E-state index in [9.17, 15) is 27.9 Å². The smallest absolute Gasteiger partial charge is 0.289 e. The summed E-state index contributed by atoms with van der Waals surface area (Å²) < 4.78 is 22.3. The lowest BCUT2D eigenvalue weighted by atomic mass is 9.79. The summed E-state index contributed by atoms with van der Waals surface area (Å²) in [5.74, 6) is -0.961. The molecular formula is C37H66N5O6S-. The second-order valence-corrected chi connectivity index (χ2v) is 17.6. The van der Waals surface area contributed by atoms with Crippen molar-refractivity contribution in [1.82, 2.24) is 26.4 Å². The van der Waals surface area contributed by atoms with Crippen LogP contribution in [0.1, 0.15) is 132 Å². The molecule has 0 radical (unpaired) electrons. The van der Waals surface area contributed by atoms with E-state index in [1.807, 2.05) is 6.92 Å². The SMILES string of the molecule is CCCCC(NC(=O)[C@@H]1[C@@H]2C(CN1C(=O)[C@@H](NN[C@H](CC(CC)CCCS(=O)[O-])C(C)(C)C)C1CCCCC1)C2(C)C)C(=O)C(=O)NCC. The van der Waals surface area contributed by atoms with Crippen LogP contribution in [0, 0.1) is 34.5 Å². The molecule has 3 rings (SSSR count). The number of nitrogens with one attached hydrogen (secondary N) is 4. The molecule has 2 aliphatic carbocycles. The van der Waals surface area contributed by atoms with Gasteiger partial charge < -0.3 is 20.1 Å². The van der Waals surface area contributed by atoms with Gasteiger partial charge in [-0.25, -0.2) is 5.43 Å². The lowest BCUT2D eigenvalue weighted by molar-refractivity contribution is -0.145. The lowest BCUT2D eigenvalue weighted by Crippen LogP contribution is -2.62. The van der Waals surface area contributed by atoms with Gasteiger partial charge in [-0.1, -0.05) is 98.1 Å². The maximum Gasteiger partial charge on any atom is 0.289 e. The quantitative estimate of drug-likeness (QED) is 0.0824. The Morgan fingerprint density at radius 3 is 2.22 bits per heavy atom. The van der Waals surface area contributed by atoms with Crippen LogP contribution in [0.25, 0.3) is 0 Å². The first-order valence-electron chi connectivity index (χ1n) is 19.1. The Balaban J connectivity index is 1.84. The number of rotatable bonds is 20. The number of hydrogen-bond donors (Lipinski definition) is 4. The Labute approximate surface area is 298 Å². The summed E-state index contributed by atoms with van der Waals surface area (Å²) >= 11 is -2.04. The molecule has 11 nitrogen and oxygen atoms in total. The van der Waals surface area contributed by atoms with Crippen molar-refractivity contribution in [2.45, 2.75) is 157 Å². The standard InChI is InChI=1S/C37H67N5O6S/c1-9-12-20-27(32(43)34(45)38-11-3)39-33(44)31-29-26(37(29,7)8)23-42(31)35(46)30(25-18-14-13-15-19-25)41-40-28(36(4,5)6)22-24(10-2)17-16-21-49(47)48/h24-31,40-41H,9-23H2,1-8H3,(H,38,45)(H,39,44)(H,47,48)/p-1/t24?,26?,27?,28-,29+,30+,31+/m1/s1. The molecule has 282 valence electrons. The van der Waals surface area contributed by atoms with E-state index in [0.717, 1.165) is 57.8 Å². The van der Waals surface area contributed by atoms with Gasteiger partial charge in [-0.3, -0.25) is 28.8 Å². The molecule has 3 fully saturated rings. The molecule has 0 bridgehead atoms. The third-order valence-corrected chi connectivity index (χ3v) is 12.3. The Morgan fingerprint density at radius 2 is 1.65 bits per heavy atom. The topological polar surface area (TPSA) is 160 Å². The lowest BCUT2D eigenvalue weighted by Gasteiger charge is -2.40. The molecule has 12 heteroatoms. The molecule has 0 aromatic heterocycles. The van der Waals surface area contributed by atoms with Crippen molar-refractivity contribution >= 4 is 34.6 Å². The normalized spacial score (nSPS) is 25.1. The number of carbonyl (C=O) groups is 4. The molecule has 1 aliphatic heterocycles. The Hall–Kier alpha value is -1.89. The van der Waals surface area contributed by atoms with Crippen molar-refractivity contribution in [3.63, 3.8) is 0 Å². The van der Waals surface area contributed by atoms with Crippen LogP contribution in [0.15, 0.2) is 0 Å². The minimum atomic E-state index is -2.04. The molecule has 1 saturated heterocycles. The molecule has 2 saturated carbocycles. The molecule has 3 aliphatic rings. The van der Waals surface area contributed by atoms with Crippen molar-refractivity contribution in [3.8, 4) is 0 Å². The van der Waals surface area contributed by atoms with E-state index in [1.54, 1.807) is 11.8 Å². The van der Waals surface area contributed by atoms with Gasteiger partial charge in [0.05, 0.1) is 6.04 Å². The third-order valence-electron chi connectivity index (χ3n) is 11.7. The van der Waals surface area contributed by atoms with Gasteiger partial charge in [-0.15, -0.1) is 0 Å². The van der Waals surface area contributed by atoms with Gasteiger partial charge in [-0.05, 0) is 80.0 Å². The monoisotopic (exact) mass is 708 g/mol. The van der Waals surface area contributed by atoms with Crippen LogP contribution in [-0.2, 0) is 30.3 Å². The second kappa shape index (κ2) is 18.6. The first-order valence-corrected chi connectivity index (χ1v) is 20.3. The van der Waals surface area contributed by atoms with Crippen LogP contribution in [0.5, 0.6) is 0 Å². The Morgan fingerprint density at radius 1 is 0.980 bits per heavy atom. The van der Waals surface area contributed by atoms with Gasteiger partial charge >= 0.3 is 0 Å². The number of piperidine rings is 1. The van der Waals surface area contributed by atoms with Crippen LogP contribution in [0.3, 0.4) is 0 Å². The summed E-state index contributed by atoms with van der Waals surface area (Å²) in [7, 11) is 0. The molecular weight excluding hydrogens is 643 g/mol. The van der Waals surface area contributed by atoms with E-state index < -0.39 is 40.9 Å². The van der Waals surface area contributed by atoms with Crippen molar-refractivity contribution in [2.24, 2.45) is 34.5 Å². The second-order valence-electron chi connectivity index (χ2n) is 16.6. The fourth-order valence-corrected chi connectivity index (χ4v) is 8.71. The zero-order valence-corrected chi connectivity index (χ0v) is 32.3. The van der Waals surface area contributed by atoms with E-state index >= 15 is 0 Å². The molecule has 49 heavy (non-hydrogen) atoms. The molecule has 4 N–H and O–H groups in total. The molecule has 0 aromatic carbocycles. The maximum absolute atomic E-state index is 14.7. The van der Waals surface area contributed by atoms with Crippen LogP contribution in [-0.4, -0.2) is 80.2 Å². The number of hydrazine groups is 1. The van der Waals surface area contributed by atoms with Gasteiger partial charge in [0.15, 0.2) is 0 Å². The zero-order chi connectivity index (χ0) is 36.5. The number of carbonyl (C=O) groups excluding carboxylic acids is 4. The van der Waals surface area contributed by atoms with E-state index in [1.165, 1.54) is 0 Å². The minimum absolute atomic E-state index is 0.0149. The number of nitrogens with zero attached hydrogens (tertiary/aromatic N) is 1. The number of hydrogen-bond acceptors (Lipinski definition) is 8. The summed E-state index contributed by atoms with van der Waals surface area (Å²) in [6.07, 6.45) is 10.2. The van der Waals surface area contributed by atoms with Crippen LogP contribution in [0.2, 0.25) is 0 Å². The highest BCUT2D eigenvalue weighted by molar-refractivity contribution is 7.79. The van der Waals surface area contributed by atoms with E-state index in [2.05, 4.69) is 63.0 Å². The highest BCUT2D eigenvalue weighted by Crippen LogP contribution is 2.65. The molecule has 0 spiro atoms. The first-order chi connectivity index (χ1) is 23.1. The third kappa shape index (κ3) is 11.0.